The smallest absolute Gasteiger partial charge is 0.0740 e. The van der Waals surface area contributed by atoms with Crippen molar-refractivity contribution in [2.45, 2.75) is 75.5 Å². The molecule has 11 heteroatoms. The molecule has 0 aromatic rings. The van der Waals surface area contributed by atoms with Gasteiger partial charge in [0, 0.05) is 63.4 Å². The second-order valence-electron chi connectivity index (χ2n) is 8.40. The van der Waals surface area contributed by atoms with Gasteiger partial charge in [-0.2, -0.15) is 0 Å². The van der Waals surface area contributed by atoms with Crippen molar-refractivity contribution in [1.29, 1.82) is 0 Å². The van der Waals surface area contributed by atoms with Crippen LogP contribution in [0.1, 0.15) is 51.4 Å². The Bertz CT molecular complexity index is 402. The first-order valence-corrected chi connectivity index (χ1v) is 15.4. The van der Waals surface area contributed by atoms with E-state index in [1.165, 1.54) is 38.5 Å². The van der Waals surface area contributed by atoms with E-state index in [0.717, 1.165) is 65.2 Å². The van der Waals surface area contributed by atoms with Gasteiger partial charge in [0.1, 0.15) is 0 Å². The summed E-state index contributed by atoms with van der Waals surface area (Å²) in [6, 6.07) is 2.16. The number of hydrogen-bond donors (Lipinski definition) is 6. The summed E-state index contributed by atoms with van der Waals surface area (Å²) >= 11 is 5.55. The molecule has 8 N–H and O–H groups in total. The molecule has 2 fully saturated rings. The van der Waals surface area contributed by atoms with Crippen LogP contribution in [0.25, 0.3) is 4.84 Å². The molecule has 0 amide bonds. The summed E-state index contributed by atoms with van der Waals surface area (Å²) in [6.07, 6.45) is 9.76. The first kappa shape index (κ1) is 30.1. The number of quaternary nitrogens is 1. The van der Waals surface area contributed by atoms with Crippen molar-refractivity contribution < 1.29 is 18.9 Å². The SMILES string of the molecule is [Cl][Mn][Cl].[NH3+]CCC[C@@H]1CN[C@@H](CCC[N-]Cl)CN[C@@H]2CCCC[C@H]2NCCNCCN1. The molecule has 187 valence electrons. The van der Waals surface area contributed by atoms with Gasteiger partial charge < -0.3 is 37.2 Å². The van der Waals surface area contributed by atoms with Crippen LogP contribution >= 0.6 is 32.0 Å². The maximum Gasteiger partial charge on any atom is 0.0740 e. The van der Waals surface area contributed by atoms with Crippen molar-refractivity contribution in [3.05, 3.63) is 4.84 Å². The minimum atomic E-state index is 0.00694. The van der Waals surface area contributed by atoms with Crippen LogP contribution in [0.15, 0.2) is 0 Å². The fourth-order valence-corrected chi connectivity index (χ4v) is 4.52. The summed E-state index contributed by atoms with van der Waals surface area (Å²) in [6.45, 7) is 7.90. The zero-order chi connectivity index (χ0) is 22.6. The maximum atomic E-state index is 5.54. The van der Waals surface area contributed by atoms with E-state index in [-0.39, 0.29) is 13.1 Å². The predicted octanol–water partition coefficient (Wildman–Crippen LogP) is 1.70. The van der Waals surface area contributed by atoms with Gasteiger partial charge in [-0.1, -0.05) is 19.3 Å². The van der Waals surface area contributed by atoms with Gasteiger partial charge in [0.15, 0.2) is 0 Å². The number of nitrogens with one attached hydrogen (secondary N) is 5. The normalized spacial score (nSPS) is 29.0. The Morgan fingerprint density at radius 2 is 1.39 bits per heavy atom. The van der Waals surface area contributed by atoms with Gasteiger partial charge in [0.05, 0.1) is 6.54 Å². The van der Waals surface area contributed by atoms with Crippen LogP contribution in [0, 0.1) is 0 Å². The molecule has 2 rings (SSSR count). The maximum absolute atomic E-state index is 5.54. The largest absolute Gasteiger partial charge is 0.575 e. The van der Waals surface area contributed by atoms with Gasteiger partial charge in [-0.3, -0.25) is 11.8 Å². The first-order valence-electron chi connectivity index (χ1n) is 11.8. The topological polar surface area (TPSA) is 102 Å². The summed E-state index contributed by atoms with van der Waals surface area (Å²) in [5.74, 6) is 0. The zero-order valence-electron chi connectivity index (χ0n) is 18.8. The standard InChI is InChI=1S/C20H43ClN7.2ClH.Mn/c21-28-10-4-6-18-16-27-20-8-2-1-7-19(20)25-14-12-23-11-13-24-17(15-26-18)5-3-9-22;;;/h17-20,23-27H,1-16,22H2;2*1H;/q-1;;;+2/p-1/t17-,18+,19-,20-;;;/m1.../s1. The summed E-state index contributed by atoms with van der Waals surface area (Å²) in [5.41, 5.74) is 4.01. The van der Waals surface area contributed by atoms with Crippen molar-refractivity contribution >= 4 is 32.0 Å². The van der Waals surface area contributed by atoms with Gasteiger partial charge in [0.25, 0.3) is 0 Å². The van der Waals surface area contributed by atoms with Gasteiger partial charge in [0.2, 0.25) is 0 Å². The van der Waals surface area contributed by atoms with Crippen LogP contribution in [0.4, 0.5) is 0 Å². The number of fused-ring (bicyclic) bond motifs is 1. The van der Waals surface area contributed by atoms with Crippen molar-refractivity contribution in [2.75, 3.05) is 52.4 Å². The molecule has 0 aromatic carbocycles. The Hall–Kier alpha value is 1.11. The van der Waals surface area contributed by atoms with Crippen LogP contribution in [-0.4, -0.2) is 76.5 Å². The predicted molar refractivity (Wildman–Crippen MR) is 131 cm³/mol. The zero-order valence-corrected chi connectivity index (χ0v) is 22.2. The molecular formula is C20H44Cl3MnN7. The van der Waals surface area contributed by atoms with E-state index >= 15 is 0 Å². The van der Waals surface area contributed by atoms with E-state index in [0.29, 0.717) is 24.2 Å². The fourth-order valence-electron chi connectivity index (χ4n) is 4.40. The molecule has 1 aliphatic carbocycles. The second-order valence-corrected chi connectivity index (χ2v) is 10.6. The summed E-state index contributed by atoms with van der Waals surface area (Å²) < 4.78 is 0. The van der Waals surface area contributed by atoms with Crippen molar-refractivity contribution in [3.8, 4) is 0 Å². The molecule has 7 nitrogen and oxygen atoms in total. The first-order chi connectivity index (χ1) is 15.2. The molecule has 0 bridgehead atoms. The third-order valence-electron chi connectivity index (χ3n) is 6.09. The van der Waals surface area contributed by atoms with Crippen molar-refractivity contribution in [3.63, 3.8) is 0 Å². The number of nitrogens with zero attached hydrogens (tertiary/aromatic N) is 1. The van der Waals surface area contributed by atoms with E-state index in [9.17, 15) is 0 Å². The minimum Gasteiger partial charge on any atom is -0.575 e. The molecule has 0 aromatic heterocycles. The number of halogens is 3. The van der Waals surface area contributed by atoms with Gasteiger partial charge in [-0.05, 0) is 32.1 Å². The van der Waals surface area contributed by atoms with Gasteiger partial charge in [-0.15, -0.1) is 6.54 Å². The monoisotopic (exact) mass is 542 g/mol. The summed E-state index contributed by atoms with van der Waals surface area (Å²) in [4.78, 5) is 3.77. The van der Waals surface area contributed by atoms with Gasteiger partial charge >= 0.3 is 33.3 Å². The quantitative estimate of drug-likeness (QED) is 0.217. The minimum absolute atomic E-state index is 0.00694. The van der Waals surface area contributed by atoms with E-state index < -0.39 is 0 Å². The Labute approximate surface area is 209 Å². The van der Waals surface area contributed by atoms with Crippen molar-refractivity contribution in [2.24, 2.45) is 0 Å². The fraction of sp³-hybridized carbons (Fsp3) is 1.00. The summed E-state index contributed by atoms with van der Waals surface area (Å²) in [5, 5.41) is 18.8. The van der Waals surface area contributed by atoms with E-state index in [1.54, 1.807) is 0 Å². The molecule has 1 saturated heterocycles. The number of hydrogen-bond acceptors (Lipinski definition) is 5. The third kappa shape index (κ3) is 15.6. The van der Waals surface area contributed by atoms with E-state index in [1.807, 2.05) is 0 Å². The molecule has 2 aliphatic rings. The van der Waals surface area contributed by atoms with Crippen molar-refractivity contribution in [1.82, 2.24) is 26.6 Å². The molecule has 4 atom stereocenters. The molecule has 1 heterocycles. The molecule has 0 spiro atoms. The molecule has 1 saturated carbocycles. The van der Waals surface area contributed by atoms with Crippen LogP contribution < -0.4 is 32.3 Å². The Kier molecular flexibility index (Phi) is 21.0. The third-order valence-corrected chi connectivity index (χ3v) is 6.26. The Morgan fingerprint density at radius 1 is 0.806 bits per heavy atom. The van der Waals surface area contributed by atoms with Gasteiger partial charge in [-0.25, -0.2) is 0 Å². The van der Waals surface area contributed by atoms with E-state index in [2.05, 4.69) is 37.2 Å². The number of rotatable bonds is 7. The Morgan fingerprint density at radius 3 is 2.06 bits per heavy atom. The van der Waals surface area contributed by atoms with Crippen LogP contribution in [0.5, 0.6) is 0 Å². The summed E-state index contributed by atoms with van der Waals surface area (Å²) in [7, 11) is 9.59. The average Bonchev–Trinajstić information content (AvgIpc) is 2.78. The Balaban J connectivity index is 0.00000151. The van der Waals surface area contributed by atoms with Crippen LogP contribution in [0.2, 0.25) is 0 Å². The molecule has 0 unspecified atom stereocenters. The molecular weight excluding hydrogens is 500 g/mol. The molecule has 31 heavy (non-hydrogen) atoms. The van der Waals surface area contributed by atoms with Crippen LogP contribution in [-0.2, 0) is 13.1 Å². The second kappa shape index (κ2) is 21.6. The average molecular weight is 544 g/mol. The molecule has 0 radical (unpaired) electrons. The van der Waals surface area contributed by atoms with Crippen LogP contribution in [0.3, 0.4) is 0 Å². The van der Waals surface area contributed by atoms with E-state index in [4.69, 9.17) is 32.0 Å². The molecule has 1 aliphatic heterocycles.